The van der Waals surface area contributed by atoms with Crippen molar-refractivity contribution in [1.29, 1.82) is 0 Å². The molecule has 22 heavy (non-hydrogen) atoms. The molecule has 0 aromatic heterocycles. The predicted molar refractivity (Wildman–Crippen MR) is 97.2 cm³/mol. The maximum atomic E-state index is 12.0. The Morgan fingerprint density at radius 2 is 1.73 bits per heavy atom. The summed E-state index contributed by atoms with van der Waals surface area (Å²) in [5, 5.41) is 11.5. The van der Waals surface area contributed by atoms with Crippen LogP contribution < -0.4 is 5.19 Å². The third-order valence-electron chi connectivity index (χ3n) is 4.51. The Labute approximate surface area is 136 Å². The lowest BCUT2D eigenvalue weighted by atomic mass is 9.87. The first-order valence-corrected chi connectivity index (χ1v) is 11.1. The number of hydrogen-bond donors (Lipinski definition) is 1. The third kappa shape index (κ3) is 5.22. The smallest absolute Gasteiger partial charge is 0.141 e. The zero-order chi connectivity index (χ0) is 17.0. The highest BCUT2D eigenvalue weighted by Crippen LogP contribution is 2.24. The van der Waals surface area contributed by atoms with Crippen LogP contribution in [0.5, 0.6) is 0 Å². The maximum Gasteiger partial charge on any atom is 0.141 e. The van der Waals surface area contributed by atoms with E-state index < -0.39 is 19.6 Å². The molecule has 0 fully saturated rings. The Balaban J connectivity index is 2.71. The van der Waals surface area contributed by atoms with E-state index in [1.165, 1.54) is 5.19 Å². The molecule has 0 heterocycles. The molecule has 0 aliphatic carbocycles. The van der Waals surface area contributed by atoms with Gasteiger partial charge in [-0.05, 0) is 5.54 Å². The van der Waals surface area contributed by atoms with Gasteiger partial charge in [0.25, 0.3) is 0 Å². The molecule has 0 aliphatic rings. The molecule has 3 heteroatoms. The topological polar surface area (TPSA) is 37.3 Å². The third-order valence-corrected chi connectivity index (χ3v) is 8.80. The normalized spacial score (nSPS) is 15.8. The van der Waals surface area contributed by atoms with E-state index in [-0.39, 0.29) is 12.2 Å². The van der Waals surface area contributed by atoms with E-state index in [2.05, 4.69) is 50.4 Å². The van der Waals surface area contributed by atoms with Gasteiger partial charge in [0.05, 0.1) is 14.2 Å². The summed E-state index contributed by atoms with van der Waals surface area (Å²) in [7, 11) is -1.61. The minimum atomic E-state index is -1.61. The zero-order valence-electron chi connectivity index (χ0n) is 14.8. The van der Waals surface area contributed by atoms with E-state index in [0.717, 1.165) is 0 Å². The molecule has 0 aliphatic heterocycles. The second kappa shape index (κ2) is 7.38. The first-order chi connectivity index (χ1) is 10.0. The van der Waals surface area contributed by atoms with Crippen molar-refractivity contribution in [2.45, 2.75) is 58.9 Å². The van der Waals surface area contributed by atoms with Gasteiger partial charge in [-0.1, -0.05) is 88.5 Å². The Morgan fingerprint density at radius 1 is 1.18 bits per heavy atom. The van der Waals surface area contributed by atoms with Crippen molar-refractivity contribution in [2.75, 3.05) is 0 Å². The number of aliphatic hydroxyl groups excluding tert-OH is 1. The van der Waals surface area contributed by atoms with Crippen LogP contribution in [-0.2, 0) is 4.79 Å². The van der Waals surface area contributed by atoms with Gasteiger partial charge in [0.15, 0.2) is 0 Å². The molecule has 0 saturated heterocycles. The number of carbonyl (C=O) groups is 1. The molecule has 1 rings (SSSR count). The Kier molecular flexibility index (Phi) is 6.33. The van der Waals surface area contributed by atoms with E-state index in [0.29, 0.717) is 5.54 Å². The van der Waals surface area contributed by atoms with Crippen molar-refractivity contribution in [3.05, 3.63) is 42.5 Å². The Hall–Kier alpha value is -1.19. The molecule has 0 saturated carbocycles. The van der Waals surface area contributed by atoms with E-state index in [1.807, 2.05) is 26.8 Å². The van der Waals surface area contributed by atoms with Gasteiger partial charge in [0.2, 0.25) is 0 Å². The zero-order valence-corrected chi connectivity index (χ0v) is 15.8. The van der Waals surface area contributed by atoms with Crippen LogP contribution in [0.25, 0.3) is 0 Å². The number of rotatable bonds is 6. The number of carbonyl (C=O) groups excluding carboxylic acids is 1. The lowest BCUT2D eigenvalue weighted by molar-refractivity contribution is -0.127. The van der Waals surface area contributed by atoms with Crippen LogP contribution in [0, 0.1) is 5.41 Å². The second-order valence-corrected chi connectivity index (χ2v) is 12.6. The molecule has 1 aromatic carbocycles. The summed E-state index contributed by atoms with van der Waals surface area (Å²) in [5.74, 6) is 0.0943. The predicted octanol–water partition coefficient (Wildman–Crippen LogP) is 3.91. The monoisotopic (exact) mass is 318 g/mol. The average Bonchev–Trinajstić information content (AvgIpc) is 2.44. The van der Waals surface area contributed by atoms with Gasteiger partial charge >= 0.3 is 0 Å². The number of Topliss-reactive ketones (excluding diaryl/α,β-unsaturated/α-hetero) is 1. The highest BCUT2D eigenvalue weighted by molar-refractivity contribution is 6.91. The standard InChI is InChI=1S/C19H30O2Si/c1-15(22(5,6)17-10-8-7-9-11-17)12-13-16(20)14-18(21)19(2,3)4/h7-13,15-16,20H,14H2,1-6H3/b13-12-/t15-,16-/m1/s1. The van der Waals surface area contributed by atoms with Crippen LogP contribution in [0.2, 0.25) is 18.6 Å². The second-order valence-electron chi connectivity index (χ2n) is 7.71. The van der Waals surface area contributed by atoms with Gasteiger partial charge in [0, 0.05) is 11.8 Å². The van der Waals surface area contributed by atoms with Crippen molar-refractivity contribution in [2.24, 2.45) is 5.41 Å². The maximum absolute atomic E-state index is 12.0. The molecule has 2 atom stereocenters. The molecule has 2 nitrogen and oxygen atoms in total. The van der Waals surface area contributed by atoms with E-state index in [9.17, 15) is 9.90 Å². The van der Waals surface area contributed by atoms with Crippen molar-refractivity contribution in [3.63, 3.8) is 0 Å². The number of allylic oxidation sites excluding steroid dienone is 1. The minimum Gasteiger partial charge on any atom is -0.389 e. The highest BCUT2D eigenvalue weighted by atomic mass is 28.3. The summed E-state index contributed by atoms with van der Waals surface area (Å²) in [5.41, 5.74) is 0.00711. The van der Waals surface area contributed by atoms with Crippen LogP contribution in [0.1, 0.15) is 34.1 Å². The van der Waals surface area contributed by atoms with Crippen LogP contribution in [-0.4, -0.2) is 25.1 Å². The molecule has 0 spiro atoms. The largest absolute Gasteiger partial charge is 0.389 e. The summed E-state index contributed by atoms with van der Waals surface area (Å²) in [6.07, 6.45) is 3.39. The molecular formula is C19H30O2Si. The summed E-state index contributed by atoms with van der Waals surface area (Å²) in [6, 6.07) is 10.6. The van der Waals surface area contributed by atoms with Gasteiger partial charge < -0.3 is 5.11 Å². The van der Waals surface area contributed by atoms with Crippen LogP contribution in [0.15, 0.2) is 42.5 Å². The summed E-state index contributed by atoms with van der Waals surface area (Å²) in [6.45, 7) is 12.5. The average molecular weight is 319 g/mol. The molecule has 1 aromatic rings. The summed E-state index contributed by atoms with van der Waals surface area (Å²) >= 11 is 0. The summed E-state index contributed by atoms with van der Waals surface area (Å²) < 4.78 is 0. The van der Waals surface area contributed by atoms with E-state index >= 15 is 0 Å². The van der Waals surface area contributed by atoms with Crippen molar-refractivity contribution in [3.8, 4) is 0 Å². The number of aliphatic hydroxyl groups is 1. The van der Waals surface area contributed by atoms with E-state index in [4.69, 9.17) is 0 Å². The minimum absolute atomic E-state index is 0.0943. The number of ketones is 1. The van der Waals surface area contributed by atoms with E-state index in [1.54, 1.807) is 6.08 Å². The molecule has 0 bridgehead atoms. The Bertz CT molecular complexity index is 512. The van der Waals surface area contributed by atoms with Gasteiger partial charge in [-0.15, -0.1) is 0 Å². The lowest BCUT2D eigenvalue weighted by Crippen LogP contribution is -2.44. The van der Waals surface area contributed by atoms with Crippen molar-refractivity contribution in [1.82, 2.24) is 0 Å². The van der Waals surface area contributed by atoms with Gasteiger partial charge in [-0.2, -0.15) is 0 Å². The van der Waals surface area contributed by atoms with Crippen molar-refractivity contribution < 1.29 is 9.90 Å². The van der Waals surface area contributed by atoms with Gasteiger partial charge in [-0.25, -0.2) is 0 Å². The van der Waals surface area contributed by atoms with Crippen LogP contribution >= 0.6 is 0 Å². The van der Waals surface area contributed by atoms with Crippen LogP contribution in [0.4, 0.5) is 0 Å². The van der Waals surface area contributed by atoms with Crippen LogP contribution in [0.3, 0.4) is 0 Å². The molecular weight excluding hydrogens is 288 g/mol. The van der Waals surface area contributed by atoms with Crippen molar-refractivity contribution >= 4 is 19.0 Å². The first kappa shape index (κ1) is 18.9. The lowest BCUT2D eigenvalue weighted by Gasteiger charge is -2.28. The highest BCUT2D eigenvalue weighted by Gasteiger charge is 2.29. The Morgan fingerprint density at radius 3 is 2.23 bits per heavy atom. The van der Waals surface area contributed by atoms with Gasteiger partial charge in [-0.3, -0.25) is 4.79 Å². The fraction of sp³-hybridized carbons (Fsp3) is 0.526. The molecule has 0 amide bonds. The molecule has 0 radical (unpaired) electrons. The molecule has 1 N–H and O–H groups in total. The molecule has 122 valence electrons. The number of benzene rings is 1. The molecule has 0 unspecified atom stereocenters. The fourth-order valence-corrected chi connectivity index (χ4v) is 4.40. The summed E-state index contributed by atoms with van der Waals surface area (Å²) in [4.78, 5) is 12.0. The fourth-order valence-electron chi connectivity index (χ4n) is 2.23. The van der Waals surface area contributed by atoms with Gasteiger partial charge in [0.1, 0.15) is 5.78 Å². The SMILES string of the molecule is C[C@H](/C=C\[C@@H](O)CC(=O)C(C)(C)C)[Si](C)(C)c1ccccc1. The quantitative estimate of drug-likeness (QED) is 0.638. The first-order valence-electron chi connectivity index (χ1n) is 8.00. The number of hydrogen-bond acceptors (Lipinski definition) is 2.